The van der Waals surface area contributed by atoms with Crippen LogP contribution in [0.5, 0.6) is 0 Å². The van der Waals surface area contributed by atoms with E-state index in [0.29, 0.717) is 12.0 Å². The lowest BCUT2D eigenvalue weighted by molar-refractivity contribution is -0.0581. The van der Waals surface area contributed by atoms with E-state index in [-0.39, 0.29) is 5.56 Å². The standard InChI is InChI=1S/C15H17NO4/c1-3-20-13(17)8-7-10-9-16(2)12-6-4-5-11(14(10)12)15(18)19/h4-9,13,17H,3H2,1-2H3,(H,18,19)/b8-7+. The first-order chi connectivity index (χ1) is 9.54. The highest BCUT2D eigenvalue weighted by atomic mass is 16.6. The average Bonchev–Trinajstić information content (AvgIpc) is 2.74. The summed E-state index contributed by atoms with van der Waals surface area (Å²) in [6, 6.07) is 5.15. The van der Waals surface area contributed by atoms with Crippen LogP contribution in [-0.4, -0.2) is 33.6 Å². The molecule has 106 valence electrons. The van der Waals surface area contributed by atoms with Crippen LogP contribution in [0.15, 0.2) is 30.5 Å². The van der Waals surface area contributed by atoms with Crippen LogP contribution in [0.4, 0.5) is 0 Å². The molecule has 5 heteroatoms. The molecule has 2 N–H and O–H groups in total. The maximum atomic E-state index is 11.3. The summed E-state index contributed by atoms with van der Waals surface area (Å²) in [5.74, 6) is -0.971. The van der Waals surface area contributed by atoms with Crippen molar-refractivity contribution in [2.45, 2.75) is 13.2 Å². The van der Waals surface area contributed by atoms with Gasteiger partial charge in [0.05, 0.1) is 5.56 Å². The third-order valence-electron chi connectivity index (χ3n) is 3.05. The number of carboxylic acids is 1. The van der Waals surface area contributed by atoms with E-state index in [4.69, 9.17) is 4.74 Å². The Morgan fingerprint density at radius 3 is 2.90 bits per heavy atom. The zero-order valence-electron chi connectivity index (χ0n) is 11.4. The first kappa shape index (κ1) is 14.3. The normalized spacial score (nSPS) is 13.2. The number of carbonyl (C=O) groups is 1. The second-order valence-corrected chi connectivity index (χ2v) is 4.41. The van der Waals surface area contributed by atoms with Crippen LogP contribution in [0.2, 0.25) is 0 Å². The van der Waals surface area contributed by atoms with Crippen molar-refractivity contribution in [3.05, 3.63) is 41.6 Å². The summed E-state index contributed by atoms with van der Waals surface area (Å²) in [4.78, 5) is 11.3. The number of aliphatic hydroxyl groups excluding tert-OH is 1. The van der Waals surface area contributed by atoms with Crippen molar-refractivity contribution in [2.75, 3.05) is 6.61 Å². The molecule has 2 rings (SSSR count). The van der Waals surface area contributed by atoms with Crippen molar-refractivity contribution >= 4 is 22.9 Å². The number of benzene rings is 1. The second kappa shape index (κ2) is 5.90. The molecule has 0 bridgehead atoms. The summed E-state index contributed by atoms with van der Waals surface area (Å²) in [6.07, 6.45) is 4.00. The van der Waals surface area contributed by atoms with Gasteiger partial charge < -0.3 is 19.5 Å². The van der Waals surface area contributed by atoms with Crippen molar-refractivity contribution in [2.24, 2.45) is 7.05 Å². The van der Waals surface area contributed by atoms with Gasteiger partial charge in [0.25, 0.3) is 0 Å². The number of aliphatic hydroxyl groups is 1. The summed E-state index contributed by atoms with van der Waals surface area (Å²) in [7, 11) is 1.85. The Balaban J connectivity index is 2.51. The molecule has 0 aliphatic rings. The van der Waals surface area contributed by atoms with Gasteiger partial charge in [0.1, 0.15) is 0 Å². The van der Waals surface area contributed by atoms with E-state index in [2.05, 4.69) is 0 Å². The van der Waals surface area contributed by atoms with E-state index < -0.39 is 12.3 Å². The minimum absolute atomic E-state index is 0.244. The molecule has 1 aromatic heterocycles. The monoisotopic (exact) mass is 275 g/mol. The van der Waals surface area contributed by atoms with Crippen LogP contribution in [0.1, 0.15) is 22.8 Å². The summed E-state index contributed by atoms with van der Waals surface area (Å²) < 4.78 is 6.86. The number of rotatable bonds is 5. The molecule has 0 radical (unpaired) electrons. The highest BCUT2D eigenvalue weighted by Crippen LogP contribution is 2.26. The molecule has 1 aromatic carbocycles. The Hall–Kier alpha value is -2.11. The Morgan fingerprint density at radius 2 is 2.25 bits per heavy atom. The highest BCUT2D eigenvalue weighted by Gasteiger charge is 2.13. The van der Waals surface area contributed by atoms with Gasteiger partial charge in [-0.05, 0) is 25.1 Å². The van der Waals surface area contributed by atoms with Gasteiger partial charge in [0.15, 0.2) is 6.29 Å². The number of aryl methyl sites for hydroxylation is 1. The quantitative estimate of drug-likeness (QED) is 0.821. The van der Waals surface area contributed by atoms with Crippen LogP contribution in [-0.2, 0) is 11.8 Å². The highest BCUT2D eigenvalue weighted by molar-refractivity contribution is 6.06. The SMILES string of the molecule is CCOC(O)/C=C/c1cn(C)c2cccc(C(=O)O)c12. The molecule has 0 amide bonds. The van der Waals surface area contributed by atoms with Gasteiger partial charge in [-0.3, -0.25) is 0 Å². The number of hydrogen-bond donors (Lipinski definition) is 2. The number of aromatic carboxylic acids is 1. The second-order valence-electron chi connectivity index (χ2n) is 4.41. The predicted molar refractivity (Wildman–Crippen MR) is 76.5 cm³/mol. The topological polar surface area (TPSA) is 71.7 Å². The van der Waals surface area contributed by atoms with Gasteiger partial charge in [-0.15, -0.1) is 0 Å². The molecule has 0 fully saturated rings. The van der Waals surface area contributed by atoms with Crippen LogP contribution in [0.3, 0.4) is 0 Å². The van der Waals surface area contributed by atoms with Gasteiger partial charge in [-0.1, -0.05) is 12.1 Å². The van der Waals surface area contributed by atoms with Gasteiger partial charge in [0, 0.05) is 36.3 Å². The van der Waals surface area contributed by atoms with Crippen LogP contribution < -0.4 is 0 Å². The molecule has 20 heavy (non-hydrogen) atoms. The van der Waals surface area contributed by atoms with E-state index in [1.165, 1.54) is 6.08 Å². The lowest BCUT2D eigenvalue weighted by atomic mass is 10.1. The maximum Gasteiger partial charge on any atom is 0.336 e. The minimum Gasteiger partial charge on any atom is -0.478 e. The Kier molecular flexibility index (Phi) is 4.22. The molecule has 5 nitrogen and oxygen atoms in total. The predicted octanol–water partition coefficient (Wildman–Crippen LogP) is 2.24. The number of ether oxygens (including phenoxy) is 1. The van der Waals surface area contributed by atoms with E-state index in [9.17, 15) is 15.0 Å². The van der Waals surface area contributed by atoms with Crippen LogP contribution in [0.25, 0.3) is 17.0 Å². The van der Waals surface area contributed by atoms with Crippen molar-refractivity contribution in [3.63, 3.8) is 0 Å². The molecule has 1 unspecified atom stereocenters. The Labute approximate surface area is 116 Å². The fourth-order valence-corrected chi connectivity index (χ4v) is 2.20. The summed E-state index contributed by atoms with van der Waals surface area (Å²) in [5.41, 5.74) is 1.81. The molecule has 0 saturated heterocycles. The number of hydrogen-bond acceptors (Lipinski definition) is 3. The van der Waals surface area contributed by atoms with Crippen LogP contribution in [0, 0.1) is 0 Å². The smallest absolute Gasteiger partial charge is 0.336 e. The lowest BCUT2D eigenvalue weighted by Crippen LogP contribution is -2.07. The van der Waals surface area contributed by atoms with Gasteiger partial charge >= 0.3 is 5.97 Å². The molecule has 0 aliphatic heterocycles. The molecule has 1 atom stereocenters. The molecule has 0 saturated carbocycles. The van der Waals surface area contributed by atoms with Crippen molar-refractivity contribution in [3.8, 4) is 0 Å². The Bertz CT molecular complexity index is 657. The molecule has 2 aromatic rings. The fraction of sp³-hybridized carbons (Fsp3) is 0.267. The molecular weight excluding hydrogens is 258 g/mol. The summed E-state index contributed by atoms with van der Waals surface area (Å²) >= 11 is 0. The number of carboxylic acid groups (broad SMARTS) is 1. The zero-order chi connectivity index (χ0) is 14.7. The van der Waals surface area contributed by atoms with E-state index in [1.807, 2.05) is 23.9 Å². The van der Waals surface area contributed by atoms with Crippen LogP contribution >= 0.6 is 0 Å². The molecule has 0 spiro atoms. The lowest BCUT2D eigenvalue weighted by Gasteiger charge is -2.04. The number of nitrogens with zero attached hydrogens (tertiary/aromatic N) is 1. The zero-order valence-corrected chi connectivity index (χ0v) is 11.4. The van der Waals surface area contributed by atoms with Gasteiger partial charge in [0.2, 0.25) is 0 Å². The summed E-state index contributed by atoms with van der Waals surface area (Å²) in [6.45, 7) is 2.19. The molecular formula is C15H17NO4. The largest absolute Gasteiger partial charge is 0.478 e. The Morgan fingerprint density at radius 1 is 1.50 bits per heavy atom. The van der Waals surface area contributed by atoms with Crippen molar-refractivity contribution in [1.82, 2.24) is 4.57 Å². The molecule has 0 aliphatic carbocycles. The third-order valence-corrected chi connectivity index (χ3v) is 3.05. The van der Waals surface area contributed by atoms with Crippen molar-refractivity contribution < 1.29 is 19.7 Å². The number of aromatic nitrogens is 1. The average molecular weight is 275 g/mol. The van der Waals surface area contributed by atoms with Gasteiger partial charge in [-0.2, -0.15) is 0 Å². The summed E-state index contributed by atoms with van der Waals surface area (Å²) in [5, 5.41) is 19.5. The minimum atomic E-state index is -0.993. The maximum absolute atomic E-state index is 11.3. The van der Waals surface area contributed by atoms with E-state index in [0.717, 1.165) is 11.1 Å². The number of fused-ring (bicyclic) bond motifs is 1. The van der Waals surface area contributed by atoms with Gasteiger partial charge in [-0.25, -0.2) is 4.79 Å². The first-order valence-electron chi connectivity index (χ1n) is 6.33. The van der Waals surface area contributed by atoms with Crippen molar-refractivity contribution in [1.29, 1.82) is 0 Å². The molecule has 1 heterocycles. The fourth-order valence-electron chi connectivity index (χ4n) is 2.20. The van der Waals surface area contributed by atoms with E-state index >= 15 is 0 Å². The van der Waals surface area contributed by atoms with E-state index in [1.54, 1.807) is 25.1 Å². The first-order valence-corrected chi connectivity index (χ1v) is 6.33. The third kappa shape index (κ3) is 2.74.